The molecule has 0 rings (SSSR count). The van der Waals surface area contributed by atoms with Crippen molar-refractivity contribution in [1.29, 1.82) is 0 Å². The van der Waals surface area contributed by atoms with Gasteiger partial charge in [0.25, 0.3) is 0 Å². The van der Waals surface area contributed by atoms with E-state index >= 15 is 0 Å². The molecule has 0 spiro atoms. The number of ether oxygens (including phenoxy) is 2. The van der Waals surface area contributed by atoms with Crippen LogP contribution in [0.25, 0.3) is 0 Å². The topological polar surface area (TPSA) is 27.7 Å². The number of hydrogen-bond donors (Lipinski definition) is 0. The van der Waals surface area contributed by atoms with Crippen LogP contribution >= 0.6 is 0 Å². The molecule has 0 saturated carbocycles. The number of unbranched alkanes of at least 4 members (excludes halogenated alkanes) is 1. The lowest BCUT2D eigenvalue weighted by molar-refractivity contribution is 0.0517. The molecular formula is C12H26O3Si. The highest BCUT2D eigenvalue weighted by Gasteiger charge is 2.05. The van der Waals surface area contributed by atoms with Crippen molar-refractivity contribution in [1.82, 2.24) is 0 Å². The molecule has 0 N–H and O–H groups in total. The van der Waals surface area contributed by atoms with Gasteiger partial charge in [-0.15, -0.1) is 6.58 Å². The van der Waals surface area contributed by atoms with Gasteiger partial charge in [-0.3, -0.25) is 0 Å². The molecule has 0 heterocycles. The second kappa shape index (κ2) is 12.9. The molecule has 0 aromatic rings. The summed E-state index contributed by atoms with van der Waals surface area (Å²) in [4.78, 5) is 0. The standard InChI is InChI=1S/C12H26O3Si/c1-4-13-10-11-14-9-7-8-12-16(6-3)15-5-2/h6,16H,3-5,7-12H2,1-2H3. The lowest BCUT2D eigenvalue weighted by Gasteiger charge is -2.10. The Labute approximate surface area is 102 Å². The molecule has 0 aromatic carbocycles. The first-order valence-electron chi connectivity index (χ1n) is 6.24. The first kappa shape index (κ1) is 15.8. The zero-order valence-electron chi connectivity index (χ0n) is 10.7. The minimum atomic E-state index is -1.10. The molecule has 0 saturated heterocycles. The Hall–Kier alpha value is -0.163. The second-order valence-electron chi connectivity index (χ2n) is 3.53. The molecule has 0 aliphatic carbocycles. The Morgan fingerprint density at radius 2 is 1.75 bits per heavy atom. The van der Waals surface area contributed by atoms with Crippen molar-refractivity contribution in [2.24, 2.45) is 0 Å². The van der Waals surface area contributed by atoms with Gasteiger partial charge in [-0.2, -0.15) is 0 Å². The van der Waals surface area contributed by atoms with Gasteiger partial charge in [0, 0.05) is 19.8 Å². The molecule has 0 amide bonds. The minimum absolute atomic E-state index is 0.708. The fourth-order valence-electron chi connectivity index (χ4n) is 1.40. The molecule has 0 bridgehead atoms. The van der Waals surface area contributed by atoms with Gasteiger partial charge < -0.3 is 13.9 Å². The average Bonchev–Trinajstić information content (AvgIpc) is 2.31. The van der Waals surface area contributed by atoms with Gasteiger partial charge in [-0.05, 0) is 26.3 Å². The summed E-state index contributed by atoms with van der Waals surface area (Å²) in [6.07, 6.45) is 2.29. The zero-order valence-corrected chi connectivity index (χ0v) is 11.9. The lowest BCUT2D eigenvalue weighted by atomic mass is 10.4. The average molecular weight is 246 g/mol. The van der Waals surface area contributed by atoms with E-state index in [1.807, 2.05) is 19.5 Å². The third-order valence-corrected chi connectivity index (χ3v) is 4.51. The van der Waals surface area contributed by atoms with Crippen molar-refractivity contribution in [3.8, 4) is 0 Å². The summed E-state index contributed by atoms with van der Waals surface area (Å²) in [6.45, 7) is 11.7. The molecule has 96 valence electrons. The van der Waals surface area contributed by atoms with Gasteiger partial charge >= 0.3 is 0 Å². The summed E-state index contributed by atoms with van der Waals surface area (Å²) in [6, 6.07) is 1.17. The Balaban J connectivity index is 3.15. The van der Waals surface area contributed by atoms with Crippen LogP contribution in [-0.2, 0) is 13.9 Å². The minimum Gasteiger partial charge on any atom is -0.416 e. The predicted octanol–water partition coefficient (Wildman–Crippen LogP) is 2.31. The predicted molar refractivity (Wildman–Crippen MR) is 70.3 cm³/mol. The van der Waals surface area contributed by atoms with E-state index < -0.39 is 9.04 Å². The van der Waals surface area contributed by atoms with Gasteiger partial charge in [0.15, 0.2) is 0 Å². The van der Waals surface area contributed by atoms with Gasteiger partial charge in [0.05, 0.1) is 13.2 Å². The monoisotopic (exact) mass is 246 g/mol. The van der Waals surface area contributed by atoms with Crippen molar-refractivity contribution < 1.29 is 13.9 Å². The van der Waals surface area contributed by atoms with Crippen LogP contribution in [0.2, 0.25) is 6.04 Å². The summed E-state index contributed by atoms with van der Waals surface area (Å²) in [5, 5.41) is 0. The maximum Gasteiger partial charge on any atom is 0.200 e. The summed E-state index contributed by atoms with van der Waals surface area (Å²) in [5.41, 5.74) is 2.01. The molecule has 16 heavy (non-hydrogen) atoms. The molecule has 4 heteroatoms. The molecule has 3 nitrogen and oxygen atoms in total. The van der Waals surface area contributed by atoms with Crippen molar-refractivity contribution in [2.45, 2.75) is 32.7 Å². The molecule has 0 radical (unpaired) electrons. The normalized spacial score (nSPS) is 12.6. The first-order valence-corrected chi connectivity index (χ1v) is 8.20. The van der Waals surface area contributed by atoms with Crippen LogP contribution in [0.15, 0.2) is 12.3 Å². The zero-order chi connectivity index (χ0) is 12.1. The Kier molecular flexibility index (Phi) is 12.8. The van der Waals surface area contributed by atoms with Gasteiger partial charge in [0.2, 0.25) is 9.04 Å². The third-order valence-electron chi connectivity index (χ3n) is 2.25. The summed E-state index contributed by atoms with van der Waals surface area (Å²) in [7, 11) is -1.10. The highest BCUT2D eigenvalue weighted by molar-refractivity contribution is 6.57. The van der Waals surface area contributed by atoms with E-state index in [0.29, 0.717) is 13.2 Å². The van der Waals surface area contributed by atoms with E-state index in [9.17, 15) is 0 Å². The van der Waals surface area contributed by atoms with Crippen molar-refractivity contribution in [3.05, 3.63) is 12.3 Å². The van der Waals surface area contributed by atoms with E-state index in [1.165, 1.54) is 12.5 Å². The molecule has 0 aliphatic rings. The summed E-state index contributed by atoms with van der Waals surface area (Å²) >= 11 is 0. The SMILES string of the molecule is C=C[SiH](CCCCOCCOCC)OCC. The van der Waals surface area contributed by atoms with Crippen LogP contribution in [0.4, 0.5) is 0 Å². The molecule has 0 aliphatic heterocycles. The third kappa shape index (κ3) is 10.4. The van der Waals surface area contributed by atoms with Crippen molar-refractivity contribution in [2.75, 3.05) is 33.0 Å². The smallest absolute Gasteiger partial charge is 0.200 e. The quantitative estimate of drug-likeness (QED) is 0.391. The lowest BCUT2D eigenvalue weighted by Crippen LogP contribution is -2.15. The summed E-state index contributed by atoms with van der Waals surface area (Å²) < 4.78 is 16.2. The second-order valence-corrected chi connectivity index (χ2v) is 5.99. The van der Waals surface area contributed by atoms with Crippen molar-refractivity contribution in [3.63, 3.8) is 0 Å². The van der Waals surface area contributed by atoms with E-state index in [4.69, 9.17) is 13.9 Å². The van der Waals surface area contributed by atoms with E-state index in [2.05, 4.69) is 6.58 Å². The first-order chi connectivity index (χ1) is 7.85. The molecule has 0 aromatic heterocycles. The molecular weight excluding hydrogens is 220 g/mol. The van der Waals surface area contributed by atoms with Gasteiger partial charge in [-0.25, -0.2) is 0 Å². The van der Waals surface area contributed by atoms with E-state index in [0.717, 1.165) is 26.2 Å². The van der Waals surface area contributed by atoms with Crippen LogP contribution in [0, 0.1) is 0 Å². The fourth-order valence-corrected chi connectivity index (χ4v) is 3.05. The van der Waals surface area contributed by atoms with Crippen LogP contribution in [0.3, 0.4) is 0 Å². The van der Waals surface area contributed by atoms with Gasteiger partial charge in [-0.1, -0.05) is 12.1 Å². The van der Waals surface area contributed by atoms with Gasteiger partial charge in [0.1, 0.15) is 0 Å². The van der Waals surface area contributed by atoms with Crippen LogP contribution in [0.1, 0.15) is 26.7 Å². The maximum atomic E-state index is 5.61. The largest absolute Gasteiger partial charge is 0.416 e. The number of rotatable bonds is 12. The van der Waals surface area contributed by atoms with E-state index in [-0.39, 0.29) is 0 Å². The fraction of sp³-hybridized carbons (Fsp3) is 0.833. The van der Waals surface area contributed by atoms with Crippen LogP contribution < -0.4 is 0 Å². The van der Waals surface area contributed by atoms with Crippen molar-refractivity contribution >= 4 is 9.04 Å². The molecule has 0 fully saturated rings. The van der Waals surface area contributed by atoms with Crippen LogP contribution in [0.5, 0.6) is 0 Å². The van der Waals surface area contributed by atoms with E-state index in [1.54, 1.807) is 0 Å². The van der Waals surface area contributed by atoms with Crippen LogP contribution in [-0.4, -0.2) is 42.1 Å². The molecule has 1 atom stereocenters. The molecule has 1 unspecified atom stereocenters. The maximum absolute atomic E-state index is 5.61. The Morgan fingerprint density at radius 3 is 2.38 bits per heavy atom. The number of hydrogen-bond acceptors (Lipinski definition) is 3. The summed E-state index contributed by atoms with van der Waals surface area (Å²) in [5.74, 6) is 0. The Bertz CT molecular complexity index is 153. The Morgan fingerprint density at radius 1 is 1.00 bits per heavy atom. The highest BCUT2D eigenvalue weighted by Crippen LogP contribution is 2.04. The highest BCUT2D eigenvalue weighted by atomic mass is 28.3.